The Labute approximate surface area is 162 Å². The Morgan fingerprint density at radius 3 is 1.73 bits per heavy atom. The normalized spacial score (nSPS) is 7.92. The van der Waals surface area contributed by atoms with E-state index in [0.717, 1.165) is 5.56 Å². The number of hydrogen-bond donors (Lipinski definition) is 0. The molecule has 0 aliphatic heterocycles. The molecule has 9 heteroatoms. The Hall–Kier alpha value is -2.36. The van der Waals surface area contributed by atoms with E-state index in [2.05, 4.69) is 31.3 Å². The van der Waals surface area contributed by atoms with Crippen LogP contribution in [0, 0.1) is 39.4 Å². The molecule has 1 aromatic rings. The van der Waals surface area contributed by atoms with Crippen LogP contribution in [-0.4, -0.2) is 19.0 Å². The molecule has 0 aromatic heterocycles. The van der Waals surface area contributed by atoms with Crippen molar-refractivity contribution in [3.63, 3.8) is 0 Å². The first-order chi connectivity index (χ1) is 12.1. The average molecular weight is 402 g/mol. The van der Waals surface area contributed by atoms with Gasteiger partial charge in [-0.15, -0.1) is 0 Å². The van der Waals surface area contributed by atoms with Gasteiger partial charge in [-0.05, 0) is 5.56 Å². The van der Waals surface area contributed by atoms with E-state index >= 15 is 0 Å². The molecule has 1 unspecified atom stereocenters. The molecular weight excluding hydrogens is 388 g/mol. The zero-order valence-electron chi connectivity index (χ0n) is 13.7. The van der Waals surface area contributed by atoms with Gasteiger partial charge in [0.15, 0.2) is 0 Å². The number of carbonyl (C=O) groups excluding carboxylic acids is 2. The summed E-state index contributed by atoms with van der Waals surface area (Å²) >= 11 is 0. The van der Waals surface area contributed by atoms with Gasteiger partial charge in [0, 0.05) is 30.4 Å². The second-order valence-electron chi connectivity index (χ2n) is 3.32. The van der Waals surface area contributed by atoms with Gasteiger partial charge in [0.1, 0.15) is 6.10 Å². The van der Waals surface area contributed by atoms with Crippen LogP contribution < -0.4 is 0 Å². The van der Waals surface area contributed by atoms with Crippen molar-refractivity contribution in [1.82, 2.24) is 0 Å². The van der Waals surface area contributed by atoms with Gasteiger partial charge >= 0.3 is 57.1 Å². The summed E-state index contributed by atoms with van der Waals surface area (Å²) in [6.07, 6.45) is 2.15. The monoisotopic (exact) mass is 402 g/mol. The Bertz CT molecular complexity index is 510. The van der Waals surface area contributed by atoms with Gasteiger partial charge in [0.25, 0.3) is 0 Å². The average Bonchev–Trinajstić information content (AvgIpc) is 2.71. The van der Waals surface area contributed by atoms with E-state index in [1.165, 1.54) is 26.9 Å². The number of esters is 2. The first kappa shape index (κ1) is 34.9. The van der Waals surface area contributed by atoms with Crippen molar-refractivity contribution in [1.29, 1.82) is 0 Å². The number of carbonyl (C=O) groups is 2. The van der Waals surface area contributed by atoms with Gasteiger partial charge in [-0.1, -0.05) is 30.3 Å². The second kappa shape index (κ2) is 30.5. The van der Waals surface area contributed by atoms with E-state index in [-0.39, 0.29) is 17.1 Å². The van der Waals surface area contributed by atoms with Crippen LogP contribution in [-0.2, 0) is 54.7 Å². The minimum atomic E-state index is -0.576. The molecule has 2 radical (unpaired) electrons. The van der Waals surface area contributed by atoms with Crippen LogP contribution in [0.2, 0.25) is 0 Å². The number of rotatable bonds is 5. The molecule has 1 atom stereocenters. The summed E-state index contributed by atoms with van der Waals surface area (Å²) in [6.45, 7) is 19.3. The van der Waals surface area contributed by atoms with E-state index in [0.29, 0.717) is 0 Å². The number of methoxy groups -OCH3 is 1. The van der Waals surface area contributed by atoms with Crippen LogP contribution >= 0.6 is 0 Å². The Balaban J connectivity index is -0.000000144. The Morgan fingerprint density at radius 2 is 1.38 bits per heavy atom. The summed E-state index contributed by atoms with van der Waals surface area (Å²) in [6, 6.07) is 9.15. The SMILES string of the molecule is COC(=O)[CH][CH]C(OC(C)=O)c1ccccc1.[C-]#[O+].[C-]#[O+].[C-]#[O+].[C-]#[O+].[Fe]. The van der Waals surface area contributed by atoms with Crippen molar-refractivity contribution >= 4 is 11.9 Å². The molecule has 0 heterocycles. The maximum Gasteiger partial charge on any atom is 0 e. The Morgan fingerprint density at radius 1 is 0.962 bits per heavy atom. The quantitative estimate of drug-likeness (QED) is 0.321. The zero-order valence-corrected chi connectivity index (χ0v) is 14.8. The predicted octanol–water partition coefficient (Wildman–Crippen LogP) is 1.72. The molecule has 0 aliphatic carbocycles. The number of ether oxygens (including phenoxy) is 2. The van der Waals surface area contributed by atoms with Crippen molar-refractivity contribution < 1.29 is 54.7 Å². The molecule has 8 nitrogen and oxygen atoms in total. The molecule has 0 aliphatic rings. The maximum atomic E-state index is 11.0. The first-order valence-electron chi connectivity index (χ1n) is 5.93. The molecule has 138 valence electrons. The summed E-state index contributed by atoms with van der Waals surface area (Å²) < 4.78 is 39.6. The third kappa shape index (κ3) is 21.6. The number of hydrogen-bond acceptors (Lipinski definition) is 4. The Kier molecular flexibility index (Phi) is 40.9. The van der Waals surface area contributed by atoms with Gasteiger partial charge in [-0.2, -0.15) is 0 Å². The molecule has 0 N–H and O–H groups in total. The molecule has 0 fully saturated rings. The first-order valence-corrected chi connectivity index (χ1v) is 5.93. The van der Waals surface area contributed by atoms with E-state index < -0.39 is 18.0 Å². The van der Waals surface area contributed by atoms with Crippen molar-refractivity contribution in [3.8, 4) is 0 Å². The zero-order chi connectivity index (χ0) is 20.7. The van der Waals surface area contributed by atoms with Gasteiger partial charge < -0.3 is 9.47 Å². The van der Waals surface area contributed by atoms with Crippen molar-refractivity contribution in [2.24, 2.45) is 0 Å². The number of benzene rings is 1. The van der Waals surface area contributed by atoms with Crippen LogP contribution in [0.4, 0.5) is 0 Å². The molecular formula is C17H14FeO8. The maximum absolute atomic E-state index is 11.0. The topological polar surface area (TPSA) is 132 Å². The fourth-order valence-corrected chi connectivity index (χ4v) is 1.27. The summed E-state index contributed by atoms with van der Waals surface area (Å²) in [7, 11) is 1.29. The smallest absolute Gasteiger partial charge is 0 e. The standard InChI is InChI=1S/C13H14O4.4CO.Fe/c1-10(14)17-12(8-9-13(15)16-2)11-6-4-3-5-7-11;4*1-2;/h3-9,12H,1-2H3;;;;;. The van der Waals surface area contributed by atoms with E-state index in [9.17, 15) is 9.59 Å². The van der Waals surface area contributed by atoms with E-state index in [1.54, 1.807) is 0 Å². The third-order valence-corrected chi connectivity index (χ3v) is 2.03. The summed E-state index contributed by atoms with van der Waals surface area (Å²) in [5, 5.41) is 0. The van der Waals surface area contributed by atoms with E-state index in [1.807, 2.05) is 30.3 Å². The molecule has 26 heavy (non-hydrogen) atoms. The van der Waals surface area contributed by atoms with E-state index in [4.69, 9.17) is 23.3 Å². The molecule has 0 spiro atoms. The second-order valence-corrected chi connectivity index (χ2v) is 3.32. The van der Waals surface area contributed by atoms with Crippen LogP contribution in [0.5, 0.6) is 0 Å². The fraction of sp³-hybridized carbons (Fsp3) is 0.176. The minimum absolute atomic E-state index is 0. The van der Waals surface area contributed by atoms with Crippen LogP contribution in [0.1, 0.15) is 18.6 Å². The molecule has 1 rings (SSSR count). The van der Waals surface area contributed by atoms with Crippen LogP contribution in [0.15, 0.2) is 30.3 Å². The fourth-order valence-electron chi connectivity index (χ4n) is 1.27. The molecule has 1 aromatic carbocycles. The molecule has 0 saturated carbocycles. The van der Waals surface area contributed by atoms with Gasteiger partial charge in [0.05, 0.1) is 13.5 Å². The van der Waals surface area contributed by atoms with Crippen molar-refractivity contribution in [2.75, 3.05) is 7.11 Å². The van der Waals surface area contributed by atoms with Gasteiger partial charge in [-0.25, -0.2) is 0 Å². The molecule has 0 saturated heterocycles. The largest absolute Gasteiger partial charge is 0 e. The van der Waals surface area contributed by atoms with Crippen LogP contribution in [0.3, 0.4) is 0 Å². The van der Waals surface area contributed by atoms with Crippen molar-refractivity contribution in [2.45, 2.75) is 13.0 Å². The molecule has 0 amide bonds. The summed E-state index contributed by atoms with van der Waals surface area (Å²) in [4.78, 5) is 22.0. The van der Waals surface area contributed by atoms with Gasteiger partial charge in [-0.3, -0.25) is 9.59 Å². The van der Waals surface area contributed by atoms with Gasteiger partial charge in [0.2, 0.25) is 0 Å². The molecule has 0 bridgehead atoms. The minimum Gasteiger partial charge on any atom is 0 e. The third-order valence-electron chi connectivity index (χ3n) is 2.03. The summed E-state index contributed by atoms with van der Waals surface area (Å²) in [5.74, 6) is -0.897. The summed E-state index contributed by atoms with van der Waals surface area (Å²) in [5.41, 5.74) is 0.794. The van der Waals surface area contributed by atoms with Crippen molar-refractivity contribution in [3.05, 3.63) is 75.3 Å². The van der Waals surface area contributed by atoms with Crippen LogP contribution in [0.25, 0.3) is 0 Å². The predicted molar refractivity (Wildman–Crippen MR) is 77.3 cm³/mol.